The van der Waals surface area contributed by atoms with Crippen LogP contribution in [0.5, 0.6) is 0 Å². The Bertz CT molecular complexity index is 623. The Morgan fingerprint density at radius 1 is 1.48 bits per heavy atom. The van der Waals surface area contributed by atoms with E-state index in [-0.39, 0.29) is 12.0 Å². The minimum absolute atomic E-state index is 0.0385. The summed E-state index contributed by atoms with van der Waals surface area (Å²) >= 11 is 0. The number of carbonyl (C=O) groups is 1. The van der Waals surface area contributed by atoms with Gasteiger partial charge in [-0.1, -0.05) is 18.2 Å². The second kappa shape index (κ2) is 6.28. The van der Waals surface area contributed by atoms with Gasteiger partial charge in [0.05, 0.1) is 19.1 Å². The van der Waals surface area contributed by atoms with E-state index < -0.39 is 0 Å². The molecule has 3 rings (SSSR count). The lowest BCUT2D eigenvalue weighted by Gasteiger charge is -2.30. The molecule has 21 heavy (non-hydrogen) atoms. The van der Waals surface area contributed by atoms with Crippen molar-refractivity contribution < 1.29 is 9.53 Å². The van der Waals surface area contributed by atoms with Gasteiger partial charge in [0.2, 0.25) is 5.91 Å². The summed E-state index contributed by atoms with van der Waals surface area (Å²) in [5.74, 6) is 0.0385. The van der Waals surface area contributed by atoms with Crippen LogP contribution < -0.4 is 5.32 Å². The van der Waals surface area contributed by atoms with Gasteiger partial charge in [-0.3, -0.25) is 4.79 Å². The molecule has 1 fully saturated rings. The summed E-state index contributed by atoms with van der Waals surface area (Å²) in [6.45, 7) is 3.14. The normalized spacial score (nSPS) is 19.8. The number of ether oxygens (including phenoxy) is 1. The van der Waals surface area contributed by atoms with Crippen molar-refractivity contribution in [3.8, 4) is 0 Å². The van der Waals surface area contributed by atoms with E-state index in [4.69, 9.17) is 4.74 Å². The number of morpholine rings is 1. The van der Waals surface area contributed by atoms with E-state index in [1.54, 1.807) is 0 Å². The monoisotopic (exact) mass is 287 g/mol. The lowest BCUT2D eigenvalue weighted by atomic mass is 10.1. The Balaban J connectivity index is 1.54. The van der Waals surface area contributed by atoms with Crippen molar-refractivity contribution in [2.45, 2.75) is 12.5 Å². The van der Waals surface area contributed by atoms with E-state index in [1.807, 2.05) is 30.5 Å². The van der Waals surface area contributed by atoms with Gasteiger partial charge in [-0.15, -0.1) is 0 Å². The van der Waals surface area contributed by atoms with Crippen LogP contribution in [0.15, 0.2) is 30.5 Å². The number of amides is 1. The zero-order chi connectivity index (χ0) is 14.7. The van der Waals surface area contributed by atoms with E-state index in [2.05, 4.69) is 22.2 Å². The fourth-order valence-corrected chi connectivity index (χ4v) is 2.73. The minimum Gasteiger partial charge on any atom is -0.374 e. The zero-order valence-electron chi connectivity index (χ0n) is 12.3. The molecule has 1 saturated heterocycles. The van der Waals surface area contributed by atoms with Gasteiger partial charge in [0.15, 0.2) is 0 Å². The number of hydrogen-bond acceptors (Lipinski definition) is 3. The van der Waals surface area contributed by atoms with Crippen molar-refractivity contribution in [1.82, 2.24) is 15.2 Å². The second-order valence-corrected chi connectivity index (χ2v) is 5.60. The molecule has 0 unspecified atom stereocenters. The van der Waals surface area contributed by atoms with Gasteiger partial charge in [0.25, 0.3) is 0 Å². The van der Waals surface area contributed by atoms with Crippen LogP contribution in [0.25, 0.3) is 10.9 Å². The van der Waals surface area contributed by atoms with Crippen molar-refractivity contribution >= 4 is 16.8 Å². The van der Waals surface area contributed by atoms with Crippen LogP contribution in [-0.4, -0.2) is 55.2 Å². The molecular weight excluding hydrogens is 266 g/mol. The van der Waals surface area contributed by atoms with Gasteiger partial charge in [-0.25, -0.2) is 0 Å². The first-order valence-corrected chi connectivity index (χ1v) is 7.34. The molecule has 1 atom stereocenters. The van der Waals surface area contributed by atoms with Crippen LogP contribution in [0.3, 0.4) is 0 Å². The Labute approximate surface area is 124 Å². The number of rotatable bonds is 4. The highest BCUT2D eigenvalue weighted by Crippen LogP contribution is 2.17. The molecule has 5 nitrogen and oxygen atoms in total. The number of likely N-dealkylation sites (N-methyl/N-ethyl adjacent to an activating group) is 1. The molecule has 1 aliphatic heterocycles. The lowest BCUT2D eigenvalue weighted by molar-refractivity contribution is -0.121. The summed E-state index contributed by atoms with van der Waals surface area (Å²) in [7, 11) is 2.07. The van der Waals surface area contributed by atoms with Crippen LogP contribution in [0.1, 0.15) is 5.56 Å². The SMILES string of the molecule is CN1CCO[C@H](CNC(=O)Cc2c[nH]c3ccccc23)C1. The molecule has 1 aliphatic rings. The summed E-state index contributed by atoms with van der Waals surface area (Å²) in [5.41, 5.74) is 2.10. The van der Waals surface area contributed by atoms with Crippen molar-refractivity contribution in [1.29, 1.82) is 0 Å². The van der Waals surface area contributed by atoms with Crippen LogP contribution in [0.4, 0.5) is 0 Å². The quantitative estimate of drug-likeness (QED) is 0.887. The third kappa shape index (κ3) is 3.43. The van der Waals surface area contributed by atoms with Crippen LogP contribution in [0, 0.1) is 0 Å². The van der Waals surface area contributed by atoms with E-state index in [1.165, 1.54) is 0 Å². The maximum atomic E-state index is 12.1. The molecule has 5 heteroatoms. The molecule has 1 amide bonds. The summed E-state index contributed by atoms with van der Waals surface area (Å²) in [4.78, 5) is 17.5. The molecular formula is C16H21N3O2. The smallest absolute Gasteiger partial charge is 0.224 e. The molecule has 2 N–H and O–H groups in total. The molecule has 0 spiro atoms. The maximum Gasteiger partial charge on any atom is 0.224 e. The lowest BCUT2D eigenvalue weighted by Crippen LogP contribution is -2.46. The van der Waals surface area contributed by atoms with Gasteiger partial charge in [0, 0.05) is 36.7 Å². The number of nitrogens with zero attached hydrogens (tertiary/aromatic N) is 1. The van der Waals surface area contributed by atoms with E-state index in [0.29, 0.717) is 13.0 Å². The first kappa shape index (κ1) is 14.1. The third-order valence-corrected chi connectivity index (χ3v) is 3.89. The Hall–Kier alpha value is -1.85. The number of nitrogens with one attached hydrogen (secondary N) is 2. The molecule has 0 bridgehead atoms. The van der Waals surface area contributed by atoms with Crippen molar-refractivity contribution in [3.63, 3.8) is 0 Å². The molecule has 1 aromatic heterocycles. The average molecular weight is 287 g/mol. The molecule has 112 valence electrons. The Morgan fingerprint density at radius 3 is 3.19 bits per heavy atom. The maximum absolute atomic E-state index is 12.1. The van der Waals surface area contributed by atoms with Crippen molar-refractivity contribution in [2.24, 2.45) is 0 Å². The summed E-state index contributed by atoms with van der Waals surface area (Å²) in [6, 6.07) is 8.03. The van der Waals surface area contributed by atoms with Crippen LogP contribution in [-0.2, 0) is 16.0 Å². The number of para-hydroxylation sites is 1. The van der Waals surface area contributed by atoms with Crippen molar-refractivity contribution in [3.05, 3.63) is 36.0 Å². The fourth-order valence-electron chi connectivity index (χ4n) is 2.73. The Kier molecular flexibility index (Phi) is 4.22. The molecule has 0 aliphatic carbocycles. The zero-order valence-corrected chi connectivity index (χ0v) is 12.3. The second-order valence-electron chi connectivity index (χ2n) is 5.60. The number of benzene rings is 1. The summed E-state index contributed by atoms with van der Waals surface area (Å²) < 4.78 is 5.64. The van der Waals surface area contributed by atoms with Gasteiger partial charge < -0.3 is 19.9 Å². The van der Waals surface area contributed by atoms with Gasteiger partial charge in [-0.05, 0) is 18.7 Å². The highest BCUT2D eigenvalue weighted by atomic mass is 16.5. The topological polar surface area (TPSA) is 57.4 Å². The minimum atomic E-state index is 0.0385. The first-order valence-electron chi connectivity index (χ1n) is 7.34. The molecule has 0 radical (unpaired) electrons. The summed E-state index contributed by atoms with van der Waals surface area (Å²) in [6.07, 6.45) is 2.40. The van der Waals surface area contributed by atoms with Crippen LogP contribution >= 0.6 is 0 Å². The predicted octanol–water partition coefficient (Wildman–Crippen LogP) is 1.16. The van der Waals surface area contributed by atoms with Gasteiger partial charge >= 0.3 is 0 Å². The molecule has 2 aromatic rings. The number of carbonyl (C=O) groups excluding carboxylic acids is 1. The van der Waals surface area contributed by atoms with Gasteiger partial charge in [0.1, 0.15) is 0 Å². The number of aromatic amines is 1. The van der Waals surface area contributed by atoms with E-state index in [0.717, 1.165) is 36.2 Å². The standard InChI is InChI=1S/C16H21N3O2/c1-19-6-7-21-13(11-19)10-18-16(20)8-12-9-17-15-5-3-2-4-14(12)15/h2-5,9,13,17H,6-8,10-11H2,1H3,(H,18,20)/t13-/m1/s1. The van der Waals surface area contributed by atoms with E-state index >= 15 is 0 Å². The molecule has 1 aromatic carbocycles. The number of aromatic nitrogens is 1. The van der Waals surface area contributed by atoms with Crippen LogP contribution in [0.2, 0.25) is 0 Å². The highest BCUT2D eigenvalue weighted by Gasteiger charge is 2.18. The average Bonchev–Trinajstić information content (AvgIpc) is 2.89. The third-order valence-electron chi connectivity index (χ3n) is 3.89. The first-order chi connectivity index (χ1) is 10.2. The summed E-state index contributed by atoms with van der Waals surface area (Å²) in [5, 5.41) is 4.08. The predicted molar refractivity (Wildman–Crippen MR) is 82.2 cm³/mol. The van der Waals surface area contributed by atoms with Gasteiger partial charge in [-0.2, -0.15) is 0 Å². The molecule has 2 heterocycles. The number of hydrogen-bond donors (Lipinski definition) is 2. The fraction of sp³-hybridized carbons (Fsp3) is 0.438. The number of H-pyrrole nitrogens is 1. The largest absolute Gasteiger partial charge is 0.374 e. The molecule has 0 saturated carbocycles. The van der Waals surface area contributed by atoms with E-state index in [9.17, 15) is 4.79 Å². The highest BCUT2D eigenvalue weighted by molar-refractivity contribution is 5.88. The van der Waals surface area contributed by atoms with Crippen molar-refractivity contribution in [2.75, 3.05) is 33.3 Å². The Morgan fingerprint density at radius 2 is 2.33 bits per heavy atom. The number of fused-ring (bicyclic) bond motifs is 1.